The molecular formula is C4H6ClF3O2. The Morgan fingerprint density at radius 3 is 2.00 bits per heavy atom. The Bertz CT molecular complexity index is 112. The Morgan fingerprint density at radius 1 is 1.50 bits per heavy atom. The van der Waals surface area contributed by atoms with E-state index < -0.39 is 12.3 Å². The van der Waals surface area contributed by atoms with Crippen LogP contribution >= 0.6 is 12.4 Å². The highest BCUT2D eigenvalue weighted by Crippen LogP contribution is 2.16. The molecule has 2 nitrogen and oxygen atoms in total. The number of hydrogen-bond acceptors (Lipinski definition) is 2. The number of alkyl halides is 3. The Morgan fingerprint density at radius 2 is 1.90 bits per heavy atom. The standard InChI is InChI=1S/C4H5F3O2.ClH/c1-2-3(8)9-4(5,6)7;/h2H2,1H3;1H. The summed E-state index contributed by atoms with van der Waals surface area (Å²) in [6.07, 6.45) is -5.09. The molecule has 0 fully saturated rings. The Hall–Kier alpha value is -0.450. The lowest BCUT2D eigenvalue weighted by molar-refractivity contribution is -0.305. The third-order valence-corrected chi connectivity index (χ3v) is 0.518. The molecule has 0 atom stereocenters. The Kier molecular flexibility index (Phi) is 5.36. The fourth-order valence-corrected chi connectivity index (χ4v) is 0.201. The average molecular weight is 179 g/mol. The van der Waals surface area contributed by atoms with Crippen molar-refractivity contribution in [2.75, 3.05) is 0 Å². The summed E-state index contributed by atoms with van der Waals surface area (Å²) >= 11 is 0. The average Bonchev–Trinajstić information content (AvgIpc) is 1.62. The number of hydrogen-bond donors (Lipinski definition) is 0. The highest BCUT2D eigenvalue weighted by atomic mass is 35.5. The minimum atomic E-state index is -4.83. The summed E-state index contributed by atoms with van der Waals surface area (Å²) in [5, 5.41) is 0. The van der Waals surface area contributed by atoms with Crippen molar-refractivity contribution in [3.63, 3.8) is 0 Å². The zero-order valence-electron chi connectivity index (χ0n) is 5.07. The fraction of sp³-hybridized carbons (Fsp3) is 0.750. The maximum atomic E-state index is 11.0. The van der Waals surface area contributed by atoms with Crippen LogP contribution in [0, 0.1) is 0 Å². The van der Waals surface area contributed by atoms with Crippen LogP contribution in [0.2, 0.25) is 0 Å². The first-order chi connectivity index (χ1) is 3.95. The van der Waals surface area contributed by atoms with Gasteiger partial charge in [0, 0.05) is 6.42 Å². The third kappa shape index (κ3) is 7.55. The third-order valence-electron chi connectivity index (χ3n) is 0.518. The van der Waals surface area contributed by atoms with Crippen molar-refractivity contribution in [3.8, 4) is 0 Å². The zero-order valence-corrected chi connectivity index (χ0v) is 5.88. The number of rotatable bonds is 1. The number of carbonyl (C=O) groups excluding carboxylic acids is 1. The minimum Gasteiger partial charge on any atom is -0.373 e. The molecule has 0 N–H and O–H groups in total. The second-order valence-corrected chi connectivity index (χ2v) is 1.27. The molecule has 62 valence electrons. The van der Waals surface area contributed by atoms with Gasteiger partial charge in [0.1, 0.15) is 0 Å². The van der Waals surface area contributed by atoms with Gasteiger partial charge >= 0.3 is 12.3 Å². The van der Waals surface area contributed by atoms with E-state index in [9.17, 15) is 18.0 Å². The van der Waals surface area contributed by atoms with Gasteiger partial charge in [0.25, 0.3) is 0 Å². The number of ether oxygens (including phenoxy) is 1. The maximum Gasteiger partial charge on any atom is 0.575 e. The van der Waals surface area contributed by atoms with Crippen LogP contribution in [0.3, 0.4) is 0 Å². The number of carbonyl (C=O) groups is 1. The van der Waals surface area contributed by atoms with Gasteiger partial charge in [0.15, 0.2) is 0 Å². The fourth-order valence-electron chi connectivity index (χ4n) is 0.201. The van der Waals surface area contributed by atoms with E-state index in [1.807, 2.05) is 0 Å². The van der Waals surface area contributed by atoms with Crippen LogP contribution < -0.4 is 0 Å². The molecule has 0 aromatic rings. The summed E-state index contributed by atoms with van der Waals surface area (Å²) in [5.41, 5.74) is 0. The molecule has 0 saturated carbocycles. The van der Waals surface area contributed by atoms with E-state index in [2.05, 4.69) is 4.74 Å². The van der Waals surface area contributed by atoms with Crippen molar-refractivity contribution < 1.29 is 22.7 Å². The van der Waals surface area contributed by atoms with E-state index in [0.29, 0.717) is 0 Å². The lowest BCUT2D eigenvalue weighted by atomic mass is 10.5. The first kappa shape index (κ1) is 12.2. The SMILES string of the molecule is CCC(=O)OC(F)(F)F.Cl. The zero-order chi connectivity index (χ0) is 7.49. The first-order valence-corrected chi connectivity index (χ1v) is 2.24. The van der Waals surface area contributed by atoms with E-state index in [4.69, 9.17) is 0 Å². The van der Waals surface area contributed by atoms with E-state index in [-0.39, 0.29) is 18.8 Å². The van der Waals surface area contributed by atoms with Crippen molar-refractivity contribution in [2.45, 2.75) is 19.7 Å². The lowest BCUT2D eigenvalue weighted by Crippen LogP contribution is -2.18. The molecule has 10 heavy (non-hydrogen) atoms. The molecule has 0 spiro atoms. The predicted molar refractivity (Wildman–Crippen MR) is 29.7 cm³/mol. The minimum absolute atomic E-state index is 0. The van der Waals surface area contributed by atoms with E-state index in [1.165, 1.54) is 6.92 Å². The second kappa shape index (κ2) is 4.38. The topological polar surface area (TPSA) is 26.3 Å². The Balaban J connectivity index is 0. The van der Waals surface area contributed by atoms with Gasteiger partial charge in [-0.25, -0.2) is 0 Å². The molecule has 0 radical (unpaired) electrons. The summed E-state index contributed by atoms with van der Waals surface area (Å²) in [6.45, 7) is 1.29. The van der Waals surface area contributed by atoms with Crippen LogP contribution in [0.4, 0.5) is 13.2 Å². The largest absolute Gasteiger partial charge is 0.575 e. The molecule has 0 saturated heterocycles. The van der Waals surface area contributed by atoms with Crippen LogP contribution in [0.25, 0.3) is 0 Å². The molecule has 0 amide bonds. The summed E-state index contributed by atoms with van der Waals surface area (Å²) in [4.78, 5) is 9.89. The van der Waals surface area contributed by atoms with Crippen molar-refractivity contribution >= 4 is 18.4 Å². The van der Waals surface area contributed by atoms with Crippen LogP contribution in [0.15, 0.2) is 0 Å². The van der Waals surface area contributed by atoms with Gasteiger partial charge < -0.3 is 4.74 Å². The quantitative estimate of drug-likeness (QED) is 0.573. The normalized spacial score (nSPS) is 10.0. The predicted octanol–water partition coefficient (Wildman–Crippen LogP) is 1.88. The summed E-state index contributed by atoms with van der Waals surface area (Å²) in [5.74, 6) is -1.26. The molecule has 6 heteroatoms. The van der Waals surface area contributed by atoms with E-state index >= 15 is 0 Å². The highest BCUT2D eigenvalue weighted by Gasteiger charge is 2.32. The van der Waals surface area contributed by atoms with Crippen molar-refractivity contribution in [1.29, 1.82) is 0 Å². The van der Waals surface area contributed by atoms with Crippen molar-refractivity contribution in [1.82, 2.24) is 0 Å². The summed E-state index contributed by atoms with van der Waals surface area (Å²) < 4.78 is 36.1. The van der Waals surface area contributed by atoms with Gasteiger partial charge in [-0.2, -0.15) is 0 Å². The molecular weight excluding hydrogens is 172 g/mol. The van der Waals surface area contributed by atoms with Gasteiger partial charge in [0.2, 0.25) is 0 Å². The molecule has 0 aromatic heterocycles. The number of esters is 1. The van der Waals surface area contributed by atoms with Crippen LogP contribution in [-0.2, 0) is 9.53 Å². The van der Waals surface area contributed by atoms with Gasteiger partial charge in [0.05, 0.1) is 0 Å². The monoisotopic (exact) mass is 178 g/mol. The highest BCUT2D eigenvalue weighted by molar-refractivity contribution is 5.85. The van der Waals surface area contributed by atoms with Crippen molar-refractivity contribution in [3.05, 3.63) is 0 Å². The Labute approximate surface area is 61.8 Å². The van der Waals surface area contributed by atoms with Gasteiger partial charge in [-0.15, -0.1) is 25.6 Å². The van der Waals surface area contributed by atoms with Crippen molar-refractivity contribution in [2.24, 2.45) is 0 Å². The molecule has 0 aliphatic heterocycles. The summed E-state index contributed by atoms with van der Waals surface area (Å²) in [7, 11) is 0. The maximum absolute atomic E-state index is 11.0. The second-order valence-electron chi connectivity index (χ2n) is 1.27. The van der Waals surface area contributed by atoms with E-state index in [1.54, 1.807) is 0 Å². The smallest absolute Gasteiger partial charge is 0.373 e. The van der Waals surface area contributed by atoms with Crippen LogP contribution in [-0.4, -0.2) is 12.3 Å². The summed E-state index contributed by atoms with van der Waals surface area (Å²) in [6, 6.07) is 0. The molecule has 0 bridgehead atoms. The van der Waals surface area contributed by atoms with Crippen LogP contribution in [0.5, 0.6) is 0 Å². The molecule has 0 aliphatic rings. The van der Waals surface area contributed by atoms with E-state index in [0.717, 1.165) is 0 Å². The van der Waals surface area contributed by atoms with Gasteiger partial charge in [-0.1, -0.05) is 6.92 Å². The molecule has 0 rings (SSSR count). The van der Waals surface area contributed by atoms with Gasteiger partial charge in [-0.05, 0) is 0 Å². The van der Waals surface area contributed by atoms with Gasteiger partial charge in [-0.3, -0.25) is 4.79 Å². The lowest BCUT2D eigenvalue weighted by Gasteiger charge is -2.03. The molecule has 0 unspecified atom stereocenters. The molecule has 0 aliphatic carbocycles. The molecule has 0 aromatic carbocycles. The first-order valence-electron chi connectivity index (χ1n) is 2.24. The van der Waals surface area contributed by atoms with Crippen LogP contribution in [0.1, 0.15) is 13.3 Å². The molecule has 0 heterocycles. The number of halogens is 4.